The Labute approximate surface area is 244 Å². The molecule has 9 heteroatoms. The van der Waals surface area contributed by atoms with Crippen LogP contribution in [0.3, 0.4) is 0 Å². The normalized spacial score (nSPS) is 12.0. The number of methoxy groups -OCH3 is 1. The van der Waals surface area contributed by atoms with Gasteiger partial charge in [-0.3, -0.25) is 13.9 Å². The number of amides is 2. The molecule has 0 unspecified atom stereocenters. The molecule has 0 aliphatic heterocycles. The summed E-state index contributed by atoms with van der Waals surface area (Å²) in [6.07, 6.45) is 1.74. The van der Waals surface area contributed by atoms with Crippen molar-refractivity contribution in [2.75, 3.05) is 24.5 Å². The van der Waals surface area contributed by atoms with E-state index in [9.17, 15) is 18.0 Å². The smallest absolute Gasteiger partial charge is 0.264 e. The van der Waals surface area contributed by atoms with Crippen molar-refractivity contribution in [2.24, 2.45) is 0 Å². The number of hydrogen-bond donors (Lipinski definition) is 1. The largest absolute Gasteiger partial charge is 0.497 e. The second-order valence-corrected chi connectivity index (χ2v) is 12.2. The number of hydrogen-bond acceptors (Lipinski definition) is 5. The van der Waals surface area contributed by atoms with Crippen LogP contribution in [0.2, 0.25) is 0 Å². The number of sulfonamides is 1. The molecule has 3 rings (SSSR count). The first kappa shape index (κ1) is 31.7. The van der Waals surface area contributed by atoms with E-state index in [-0.39, 0.29) is 17.3 Å². The molecule has 0 fully saturated rings. The first-order valence-corrected chi connectivity index (χ1v) is 15.3. The molecule has 2 amide bonds. The van der Waals surface area contributed by atoms with Gasteiger partial charge in [-0.2, -0.15) is 0 Å². The van der Waals surface area contributed by atoms with Gasteiger partial charge in [0.25, 0.3) is 10.0 Å². The molecule has 41 heavy (non-hydrogen) atoms. The number of nitrogens with zero attached hydrogens (tertiary/aromatic N) is 2. The monoisotopic (exact) mass is 579 g/mol. The van der Waals surface area contributed by atoms with E-state index in [1.807, 2.05) is 52.0 Å². The molecular formula is C32H41N3O5S. The molecule has 0 spiro atoms. The molecule has 0 saturated carbocycles. The van der Waals surface area contributed by atoms with Gasteiger partial charge in [-0.25, -0.2) is 8.42 Å². The van der Waals surface area contributed by atoms with Crippen molar-refractivity contribution in [3.8, 4) is 5.75 Å². The molecule has 0 radical (unpaired) electrons. The van der Waals surface area contributed by atoms with Gasteiger partial charge in [0, 0.05) is 13.1 Å². The van der Waals surface area contributed by atoms with Crippen molar-refractivity contribution in [1.29, 1.82) is 0 Å². The van der Waals surface area contributed by atoms with Crippen LogP contribution in [0.1, 0.15) is 48.9 Å². The van der Waals surface area contributed by atoms with Gasteiger partial charge >= 0.3 is 0 Å². The number of carbonyl (C=O) groups excluding carboxylic acids is 2. The summed E-state index contributed by atoms with van der Waals surface area (Å²) < 4.78 is 34.4. The van der Waals surface area contributed by atoms with E-state index in [0.29, 0.717) is 18.0 Å². The Morgan fingerprint density at radius 1 is 0.927 bits per heavy atom. The van der Waals surface area contributed by atoms with Gasteiger partial charge in [-0.05, 0) is 75.6 Å². The summed E-state index contributed by atoms with van der Waals surface area (Å²) in [6.45, 7) is 9.48. The highest BCUT2D eigenvalue weighted by Crippen LogP contribution is 2.28. The summed E-state index contributed by atoms with van der Waals surface area (Å²) in [4.78, 5) is 28.7. The summed E-state index contributed by atoms with van der Waals surface area (Å²) in [5.41, 5.74) is 3.82. The van der Waals surface area contributed by atoms with E-state index in [0.717, 1.165) is 39.4 Å². The average Bonchev–Trinajstić information content (AvgIpc) is 2.95. The summed E-state index contributed by atoms with van der Waals surface area (Å²) in [5.74, 6) is -0.114. The van der Waals surface area contributed by atoms with Gasteiger partial charge in [-0.15, -0.1) is 0 Å². The SMILES string of the molecule is CCCCNC(=O)[C@@H](C)N(Cc1ccc(OC)cc1)C(=O)CN(c1ccc(C)cc1C)S(=O)(=O)c1ccc(C)cc1. The Kier molecular flexibility index (Phi) is 10.9. The fourth-order valence-electron chi connectivity index (χ4n) is 4.48. The van der Waals surface area contributed by atoms with Crippen LogP contribution in [0.15, 0.2) is 71.6 Å². The lowest BCUT2D eigenvalue weighted by atomic mass is 10.1. The molecule has 0 saturated heterocycles. The molecule has 3 aromatic rings. The molecule has 1 atom stereocenters. The molecule has 0 heterocycles. The zero-order valence-electron chi connectivity index (χ0n) is 24.8. The van der Waals surface area contributed by atoms with Crippen molar-refractivity contribution in [2.45, 2.75) is 64.9 Å². The molecule has 0 aromatic heterocycles. The molecule has 0 aliphatic rings. The fraction of sp³-hybridized carbons (Fsp3) is 0.375. The molecule has 8 nitrogen and oxygen atoms in total. The Morgan fingerprint density at radius 2 is 1.56 bits per heavy atom. The lowest BCUT2D eigenvalue weighted by Crippen LogP contribution is -2.51. The third-order valence-corrected chi connectivity index (χ3v) is 8.79. The number of rotatable bonds is 13. The molecular weight excluding hydrogens is 538 g/mol. The van der Waals surface area contributed by atoms with Crippen LogP contribution in [-0.4, -0.2) is 51.4 Å². The van der Waals surface area contributed by atoms with Crippen LogP contribution in [0.4, 0.5) is 5.69 Å². The highest BCUT2D eigenvalue weighted by Gasteiger charge is 2.33. The van der Waals surface area contributed by atoms with Crippen LogP contribution in [0.5, 0.6) is 5.75 Å². The lowest BCUT2D eigenvalue weighted by Gasteiger charge is -2.32. The van der Waals surface area contributed by atoms with Crippen molar-refractivity contribution < 1.29 is 22.7 Å². The molecule has 3 aromatic carbocycles. The number of carbonyl (C=O) groups is 2. The number of unbranched alkanes of at least 4 members (excludes halogenated alkanes) is 1. The van der Waals surface area contributed by atoms with Gasteiger partial charge in [0.05, 0.1) is 17.7 Å². The van der Waals surface area contributed by atoms with Gasteiger partial charge < -0.3 is 15.0 Å². The Morgan fingerprint density at radius 3 is 2.15 bits per heavy atom. The maximum atomic E-state index is 14.1. The quantitative estimate of drug-likeness (QED) is 0.283. The second kappa shape index (κ2) is 14.2. The predicted molar refractivity (Wildman–Crippen MR) is 163 cm³/mol. The summed E-state index contributed by atoms with van der Waals surface area (Å²) >= 11 is 0. The molecule has 1 N–H and O–H groups in total. The van der Waals surface area contributed by atoms with Gasteiger partial charge in [-0.1, -0.05) is 60.9 Å². The number of anilines is 1. The maximum Gasteiger partial charge on any atom is 0.264 e. The third-order valence-electron chi connectivity index (χ3n) is 7.02. The predicted octanol–water partition coefficient (Wildman–Crippen LogP) is 5.15. The van der Waals surface area contributed by atoms with E-state index in [1.54, 1.807) is 56.5 Å². The van der Waals surface area contributed by atoms with Crippen molar-refractivity contribution in [3.05, 3.63) is 89.0 Å². The Hall–Kier alpha value is -3.85. The van der Waals surface area contributed by atoms with Crippen LogP contribution >= 0.6 is 0 Å². The number of nitrogens with one attached hydrogen (secondary N) is 1. The van der Waals surface area contributed by atoms with E-state index < -0.39 is 28.5 Å². The standard InChI is InChI=1S/C32H41N3O5S/c1-7-8-19-33-32(37)26(5)34(21-27-12-14-28(40-6)15-13-27)31(36)22-35(30-18-11-24(3)20-25(30)4)41(38,39)29-16-9-23(2)10-17-29/h9-18,20,26H,7-8,19,21-22H2,1-6H3,(H,33,37)/t26-/m1/s1. The van der Waals surface area contributed by atoms with Crippen LogP contribution in [-0.2, 0) is 26.2 Å². The van der Waals surface area contributed by atoms with Crippen molar-refractivity contribution in [1.82, 2.24) is 10.2 Å². The van der Waals surface area contributed by atoms with Gasteiger partial charge in [0.2, 0.25) is 11.8 Å². The van der Waals surface area contributed by atoms with Gasteiger partial charge in [0.15, 0.2) is 0 Å². The average molecular weight is 580 g/mol. The minimum Gasteiger partial charge on any atom is -0.497 e. The molecule has 220 valence electrons. The number of ether oxygens (including phenoxy) is 1. The van der Waals surface area contributed by atoms with E-state index in [4.69, 9.17) is 4.74 Å². The number of benzene rings is 3. The van der Waals surface area contributed by atoms with Crippen LogP contribution in [0, 0.1) is 20.8 Å². The second-order valence-electron chi connectivity index (χ2n) is 10.3. The van der Waals surface area contributed by atoms with E-state index in [1.165, 1.54) is 4.90 Å². The minimum atomic E-state index is -4.11. The zero-order chi connectivity index (χ0) is 30.2. The zero-order valence-corrected chi connectivity index (χ0v) is 25.6. The van der Waals surface area contributed by atoms with E-state index in [2.05, 4.69) is 5.32 Å². The summed E-state index contributed by atoms with van der Waals surface area (Å²) in [7, 11) is -2.54. The minimum absolute atomic E-state index is 0.0861. The van der Waals surface area contributed by atoms with E-state index >= 15 is 0 Å². The lowest BCUT2D eigenvalue weighted by molar-refractivity contribution is -0.139. The highest BCUT2D eigenvalue weighted by atomic mass is 32.2. The van der Waals surface area contributed by atoms with Gasteiger partial charge in [0.1, 0.15) is 18.3 Å². The maximum absolute atomic E-state index is 14.1. The molecule has 0 bridgehead atoms. The third kappa shape index (κ3) is 8.10. The first-order chi connectivity index (χ1) is 19.5. The first-order valence-electron chi connectivity index (χ1n) is 13.8. The fourth-order valence-corrected chi connectivity index (χ4v) is 5.96. The van der Waals surface area contributed by atoms with Crippen molar-refractivity contribution >= 4 is 27.5 Å². The summed E-state index contributed by atoms with van der Waals surface area (Å²) in [5, 5.41) is 2.90. The highest BCUT2D eigenvalue weighted by molar-refractivity contribution is 7.92. The Bertz CT molecular complexity index is 1440. The topological polar surface area (TPSA) is 96.0 Å². The van der Waals surface area contributed by atoms with Crippen LogP contribution < -0.4 is 14.4 Å². The molecule has 0 aliphatic carbocycles. The van der Waals surface area contributed by atoms with Crippen LogP contribution in [0.25, 0.3) is 0 Å². The number of aryl methyl sites for hydroxylation is 3. The van der Waals surface area contributed by atoms with Crippen molar-refractivity contribution in [3.63, 3.8) is 0 Å². The summed E-state index contributed by atoms with van der Waals surface area (Å²) in [6, 6.07) is 18.4. The Balaban J connectivity index is 2.03.